The van der Waals surface area contributed by atoms with Crippen LogP contribution in [-0.4, -0.2) is 33.2 Å². The molecule has 0 fully saturated rings. The minimum Gasteiger partial charge on any atom is -0.502 e. The molecular weight excluding hydrogens is 440 g/mol. The molecule has 0 aliphatic rings. The van der Waals surface area contributed by atoms with Crippen molar-refractivity contribution >= 4 is 5.91 Å². The number of rotatable bonds is 8. The highest BCUT2D eigenvalue weighted by molar-refractivity contribution is 5.77. The Hall–Kier alpha value is -4.47. The maximum atomic E-state index is 12.8. The number of ether oxygens (including phenoxy) is 1. The number of amides is 1. The van der Waals surface area contributed by atoms with E-state index in [4.69, 9.17) is 13.7 Å². The van der Waals surface area contributed by atoms with E-state index in [-0.39, 0.29) is 30.5 Å². The van der Waals surface area contributed by atoms with Gasteiger partial charge in [-0.05, 0) is 36.8 Å². The maximum Gasteiger partial charge on any atom is 0.246 e. The van der Waals surface area contributed by atoms with Crippen LogP contribution in [0.5, 0.6) is 11.5 Å². The Morgan fingerprint density at radius 2 is 2.03 bits per heavy atom. The van der Waals surface area contributed by atoms with Crippen molar-refractivity contribution in [2.75, 3.05) is 7.11 Å². The van der Waals surface area contributed by atoms with Gasteiger partial charge in [-0.2, -0.15) is 4.98 Å². The van der Waals surface area contributed by atoms with E-state index in [1.54, 1.807) is 62.8 Å². The van der Waals surface area contributed by atoms with Crippen LogP contribution < -0.4 is 15.5 Å². The monoisotopic (exact) mass is 462 g/mol. The fraction of sp³-hybridized carbons (Fsp3) is 0.208. The number of pyridine rings is 1. The van der Waals surface area contributed by atoms with Crippen LogP contribution in [0, 0.1) is 6.92 Å². The van der Waals surface area contributed by atoms with Gasteiger partial charge >= 0.3 is 0 Å². The zero-order valence-corrected chi connectivity index (χ0v) is 18.5. The number of benzene rings is 1. The zero-order chi connectivity index (χ0) is 24.1. The normalized spacial score (nSPS) is 11.7. The number of hydrogen-bond acceptors (Lipinski definition) is 9. The third-order valence-electron chi connectivity index (χ3n) is 5.12. The van der Waals surface area contributed by atoms with Crippen molar-refractivity contribution in [2.45, 2.75) is 25.8 Å². The Morgan fingerprint density at radius 3 is 2.74 bits per heavy atom. The number of methoxy groups -OCH3 is 1. The molecule has 174 valence electrons. The molecule has 0 spiro atoms. The maximum absolute atomic E-state index is 12.8. The summed E-state index contributed by atoms with van der Waals surface area (Å²) in [5.41, 5.74) is 0.775. The summed E-state index contributed by atoms with van der Waals surface area (Å²) in [5, 5.41) is 17.0. The van der Waals surface area contributed by atoms with Crippen molar-refractivity contribution < 1.29 is 23.6 Å². The van der Waals surface area contributed by atoms with Crippen LogP contribution in [0.15, 0.2) is 68.6 Å². The second kappa shape index (κ2) is 9.99. The van der Waals surface area contributed by atoms with Gasteiger partial charge in [0.1, 0.15) is 11.5 Å². The van der Waals surface area contributed by atoms with Gasteiger partial charge < -0.3 is 24.1 Å². The largest absolute Gasteiger partial charge is 0.502 e. The van der Waals surface area contributed by atoms with Gasteiger partial charge in [0.15, 0.2) is 5.76 Å². The van der Waals surface area contributed by atoms with Gasteiger partial charge in [0.2, 0.25) is 28.8 Å². The summed E-state index contributed by atoms with van der Waals surface area (Å²) in [4.78, 5) is 33.2. The molecule has 0 aliphatic heterocycles. The molecule has 0 radical (unpaired) electrons. The quantitative estimate of drug-likeness (QED) is 0.404. The number of aromatic hydroxyl groups is 1. The van der Waals surface area contributed by atoms with Gasteiger partial charge in [-0.1, -0.05) is 17.3 Å². The Kier molecular flexibility index (Phi) is 6.67. The van der Waals surface area contributed by atoms with Gasteiger partial charge in [0.25, 0.3) is 0 Å². The predicted octanol–water partition coefficient (Wildman–Crippen LogP) is 2.95. The molecule has 1 aromatic carbocycles. The van der Waals surface area contributed by atoms with E-state index in [0.717, 1.165) is 0 Å². The lowest BCUT2D eigenvalue weighted by Crippen LogP contribution is -2.25. The molecule has 3 heterocycles. The first-order chi connectivity index (χ1) is 16.4. The molecule has 3 aromatic heterocycles. The summed E-state index contributed by atoms with van der Waals surface area (Å²) in [6, 6.07) is 11.7. The van der Waals surface area contributed by atoms with E-state index in [1.165, 1.54) is 6.07 Å². The molecule has 1 unspecified atom stereocenters. The molecule has 34 heavy (non-hydrogen) atoms. The fourth-order valence-corrected chi connectivity index (χ4v) is 3.43. The molecule has 0 aliphatic carbocycles. The van der Waals surface area contributed by atoms with Gasteiger partial charge in [-0.3, -0.25) is 14.6 Å². The van der Waals surface area contributed by atoms with E-state index in [9.17, 15) is 14.7 Å². The molecule has 10 heteroatoms. The summed E-state index contributed by atoms with van der Waals surface area (Å²) in [7, 11) is 1.54. The minimum atomic E-state index is -0.716. The van der Waals surface area contributed by atoms with E-state index in [1.807, 2.05) is 0 Å². The Balaban J connectivity index is 1.53. The smallest absolute Gasteiger partial charge is 0.246 e. The van der Waals surface area contributed by atoms with E-state index in [0.29, 0.717) is 28.5 Å². The summed E-state index contributed by atoms with van der Waals surface area (Å²) >= 11 is 0. The van der Waals surface area contributed by atoms with Crippen molar-refractivity contribution in [3.05, 3.63) is 88.1 Å². The van der Waals surface area contributed by atoms with Crippen LogP contribution in [0.25, 0.3) is 11.4 Å². The average Bonchev–Trinajstić information content (AvgIpc) is 3.33. The number of carbonyl (C=O) groups is 1. The van der Waals surface area contributed by atoms with E-state index >= 15 is 0 Å². The lowest BCUT2D eigenvalue weighted by Gasteiger charge is -2.18. The molecular formula is C24H22N4O6. The second-order valence-electron chi connectivity index (χ2n) is 7.49. The summed E-state index contributed by atoms with van der Waals surface area (Å²) in [6.45, 7) is 1.61. The van der Waals surface area contributed by atoms with Crippen LogP contribution >= 0.6 is 0 Å². The number of nitrogens with zero attached hydrogens (tertiary/aromatic N) is 3. The van der Waals surface area contributed by atoms with Crippen molar-refractivity contribution in [1.82, 2.24) is 20.4 Å². The molecule has 0 saturated carbocycles. The Labute approximate surface area is 194 Å². The average molecular weight is 462 g/mol. The lowest BCUT2D eigenvalue weighted by molar-refractivity contribution is -0.121. The molecule has 4 rings (SSSR count). The van der Waals surface area contributed by atoms with E-state index < -0.39 is 17.1 Å². The molecule has 2 N–H and O–H groups in total. The third kappa shape index (κ3) is 5.12. The SMILES string of the molecule is COc1ccc(C(CC(=O)NCc2nc(-c3cccnc3)no2)c2oc(C)cc(=O)c2O)cc1. The Bertz CT molecular complexity index is 1330. The van der Waals surface area contributed by atoms with Crippen LogP contribution in [0.4, 0.5) is 0 Å². The number of aromatic nitrogens is 3. The van der Waals surface area contributed by atoms with Gasteiger partial charge in [-0.25, -0.2) is 0 Å². The predicted molar refractivity (Wildman–Crippen MR) is 120 cm³/mol. The van der Waals surface area contributed by atoms with Crippen molar-refractivity contribution in [2.24, 2.45) is 0 Å². The highest BCUT2D eigenvalue weighted by atomic mass is 16.5. The molecule has 1 atom stereocenters. The van der Waals surface area contributed by atoms with Gasteiger partial charge in [0, 0.05) is 30.4 Å². The molecule has 10 nitrogen and oxygen atoms in total. The van der Waals surface area contributed by atoms with Crippen LogP contribution in [0.2, 0.25) is 0 Å². The highest BCUT2D eigenvalue weighted by Crippen LogP contribution is 2.33. The van der Waals surface area contributed by atoms with Gasteiger partial charge in [-0.15, -0.1) is 0 Å². The first-order valence-corrected chi connectivity index (χ1v) is 10.4. The van der Waals surface area contributed by atoms with Crippen LogP contribution in [-0.2, 0) is 11.3 Å². The second-order valence-corrected chi connectivity index (χ2v) is 7.49. The standard InChI is InChI=1S/C24H22N4O6/c1-14-10-19(29)22(31)23(33-14)18(15-5-7-17(32-2)8-6-15)11-20(30)26-13-21-27-24(28-34-21)16-4-3-9-25-12-16/h3-10,12,18,31H,11,13H2,1-2H3,(H,26,30). The first kappa shape index (κ1) is 22.7. The van der Waals surface area contributed by atoms with Crippen LogP contribution in [0.1, 0.15) is 35.3 Å². The minimum absolute atomic E-state index is 0.00513. The molecule has 0 saturated heterocycles. The number of nitrogens with one attached hydrogen (secondary N) is 1. The number of carbonyl (C=O) groups excluding carboxylic acids is 1. The number of hydrogen-bond donors (Lipinski definition) is 2. The number of aryl methyl sites for hydroxylation is 1. The van der Waals surface area contributed by atoms with Crippen molar-refractivity contribution in [1.29, 1.82) is 0 Å². The summed E-state index contributed by atoms with van der Waals surface area (Å²) in [5.74, 6) is -0.0666. The summed E-state index contributed by atoms with van der Waals surface area (Å²) in [6.07, 6.45) is 3.14. The summed E-state index contributed by atoms with van der Waals surface area (Å²) < 4.78 is 16.1. The molecule has 0 bridgehead atoms. The Morgan fingerprint density at radius 1 is 1.24 bits per heavy atom. The fourth-order valence-electron chi connectivity index (χ4n) is 3.43. The first-order valence-electron chi connectivity index (χ1n) is 10.4. The zero-order valence-electron chi connectivity index (χ0n) is 18.5. The van der Waals surface area contributed by atoms with E-state index in [2.05, 4.69) is 20.4 Å². The van der Waals surface area contributed by atoms with Crippen molar-refractivity contribution in [3.8, 4) is 22.9 Å². The third-order valence-corrected chi connectivity index (χ3v) is 5.12. The van der Waals surface area contributed by atoms with Crippen molar-refractivity contribution in [3.63, 3.8) is 0 Å². The molecule has 1 amide bonds. The topological polar surface area (TPSA) is 141 Å². The highest BCUT2D eigenvalue weighted by Gasteiger charge is 2.26. The van der Waals surface area contributed by atoms with Crippen LogP contribution in [0.3, 0.4) is 0 Å². The molecule has 4 aromatic rings. The van der Waals surface area contributed by atoms with Gasteiger partial charge in [0.05, 0.1) is 19.6 Å². The lowest BCUT2D eigenvalue weighted by atomic mass is 9.91.